The Labute approximate surface area is 113 Å². The number of aromatic amines is 1. The summed E-state index contributed by atoms with van der Waals surface area (Å²) in [6.45, 7) is 2.27. The number of nitrogens with zero attached hydrogens (tertiary/aromatic N) is 1. The molecule has 1 aliphatic rings. The first-order valence-electron chi connectivity index (χ1n) is 7.08. The van der Waals surface area contributed by atoms with Gasteiger partial charge in [0.15, 0.2) is 5.88 Å². The van der Waals surface area contributed by atoms with E-state index >= 15 is 0 Å². The molecular formula is C16H20N2O. The van der Waals surface area contributed by atoms with Gasteiger partial charge in [0.2, 0.25) is 0 Å². The molecule has 0 amide bonds. The van der Waals surface area contributed by atoms with Crippen LogP contribution in [0.15, 0.2) is 29.3 Å². The summed E-state index contributed by atoms with van der Waals surface area (Å²) < 4.78 is 0. The minimum Gasteiger partial charge on any atom is -0.494 e. The van der Waals surface area contributed by atoms with Crippen molar-refractivity contribution < 1.29 is 5.11 Å². The highest BCUT2D eigenvalue weighted by Crippen LogP contribution is 2.28. The van der Waals surface area contributed by atoms with Gasteiger partial charge in [-0.1, -0.05) is 38.0 Å². The molecule has 2 aromatic rings. The van der Waals surface area contributed by atoms with Crippen LogP contribution < -0.4 is 0 Å². The van der Waals surface area contributed by atoms with Gasteiger partial charge in [0.25, 0.3) is 0 Å². The number of aliphatic imine (C=N–C) groups is 1. The average molecular weight is 256 g/mol. The second-order valence-electron chi connectivity index (χ2n) is 5.54. The summed E-state index contributed by atoms with van der Waals surface area (Å²) in [4.78, 5) is 7.70. The van der Waals surface area contributed by atoms with Crippen molar-refractivity contribution in [1.29, 1.82) is 0 Å². The Morgan fingerprint density at radius 2 is 2.05 bits per heavy atom. The molecule has 1 aliphatic carbocycles. The zero-order valence-corrected chi connectivity index (χ0v) is 11.3. The van der Waals surface area contributed by atoms with E-state index in [0.29, 0.717) is 12.0 Å². The van der Waals surface area contributed by atoms with Gasteiger partial charge in [-0.05, 0) is 24.8 Å². The molecule has 0 aliphatic heterocycles. The van der Waals surface area contributed by atoms with E-state index in [1.807, 2.05) is 30.5 Å². The van der Waals surface area contributed by atoms with Crippen molar-refractivity contribution in [3.05, 3.63) is 29.8 Å². The fraction of sp³-hybridized carbons (Fsp3) is 0.438. The zero-order chi connectivity index (χ0) is 13.2. The molecule has 1 heterocycles. The lowest BCUT2D eigenvalue weighted by Crippen LogP contribution is -2.20. The molecule has 1 fully saturated rings. The fourth-order valence-corrected chi connectivity index (χ4v) is 2.97. The van der Waals surface area contributed by atoms with E-state index in [9.17, 15) is 5.11 Å². The standard InChI is InChI=1S/C16H20N2O/c1-11-6-2-4-8-14(11)17-10-13-12-7-3-5-9-15(12)18-16(13)19/h3,5,7,9-11,14,18-19H,2,4,6,8H2,1H3/t11-,14-/m1/s1. The Hall–Kier alpha value is -1.77. The second-order valence-corrected chi connectivity index (χ2v) is 5.54. The smallest absolute Gasteiger partial charge is 0.198 e. The molecule has 100 valence electrons. The van der Waals surface area contributed by atoms with Crippen molar-refractivity contribution in [1.82, 2.24) is 4.98 Å². The third-order valence-corrected chi connectivity index (χ3v) is 4.19. The predicted molar refractivity (Wildman–Crippen MR) is 79.0 cm³/mol. The normalized spacial score (nSPS) is 24.3. The Morgan fingerprint density at radius 3 is 2.89 bits per heavy atom. The quantitative estimate of drug-likeness (QED) is 0.787. The lowest BCUT2D eigenvalue weighted by molar-refractivity contribution is 0.333. The fourth-order valence-electron chi connectivity index (χ4n) is 2.97. The van der Waals surface area contributed by atoms with Gasteiger partial charge < -0.3 is 10.1 Å². The highest BCUT2D eigenvalue weighted by atomic mass is 16.3. The van der Waals surface area contributed by atoms with E-state index in [2.05, 4.69) is 11.9 Å². The first-order valence-corrected chi connectivity index (χ1v) is 7.08. The average Bonchev–Trinajstić information content (AvgIpc) is 2.74. The third kappa shape index (κ3) is 2.37. The van der Waals surface area contributed by atoms with Crippen molar-refractivity contribution in [2.24, 2.45) is 10.9 Å². The number of nitrogens with one attached hydrogen (secondary N) is 1. The monoisotopic (exact) mass is 256 g/mol. The van der Waals surface area contributed by atoms with Crippen LogP contribution in [-0.2, 0) is 0 Å². The van der Waals surface area contributed by atoms with Gasteiger partial charge in [-0.15, -0.1) is 0 Å². The molecule has 3 rings (SSSR count). The van der Waals surface area contributed by atoms with Crippen molar-refractivity contribution in [2.75, 3.05) is 0 Å². The highest BCUT2D eigenvalue weighted by Gasteiger charge is 2.20. The number of rotatable bonds is 2. The third-order valence-electron chi connectivity index (χ3n) is 4.19. The molecule has 0 unspecified atom stereocenters. The van der Waals surface area contributed by atoms with Gasteiger partial charge in [0, 0.05) is 17.1 Å². The summed E-state index contributed by atoms with van der Waals surface area (Å²) in [7, 11) is 0. The summed E-state index contributed by atoms with van der Waals surface area (Å²) in [5.74, 6) is 0.866. The number of hydrogen-bond donors (Lipinski definition) is 2. The van der Waals surface area contributed by atoms with Crippen molar-refractivity contribution in [3.8, 4) is 5.88 Å². The van der Waals surface area contributed by atoms with Crippen LogP contribution in [0.5, 0.6) is 5.88 Å². The van der Waals surface area contributed by atoms with Crippen LogP contribution >= 0.6 is 0 Å². The van der Waals surface area contributed by atoms with Gasteiger partial charge in [-0.25, -0.2) is 0 Å². The number of benzene rings is 1. The molecule has 1 aromatic heterocycles. The Balaban J connectivity index is 1.90. The van der Waals surface area contributed by atoms with E-state index in [1.54, 1.807) is 0 Å². The van der Waals surface area contributed by atoms with Gasteiger partial charge >= 0.3 is 0 Å². The molecule has 0 spiro atoms. The topological polar surface area (TPSA) is 48.4 Å². The number of hydrogen-bond acceptors (Lipinski definition) is 2. The molecule has 0 saturated heterocycles. The number of H-pyrrole nitrogens is 1. The molecule has 1 saturated carbocycles. The van der Waals surface area contributed by atoms with Crippen LogP contribution in [0.4, 0.5) is 0 Å². The van der Waals surface area contributed by atoms with E-state index in [4.69, 9.17) is 4.99 Å². The van der Waals surface area contributed by atoms with Crippen LogP contribution in [-0.4, -0.2) is 22.3 Å². The summed E-state index contributed by atoms with van der Waals surface area (Å²) in [6, 6.07) is 8.33. The van der Waals surface area contributed by atoms with Gasteiger partial charge in [-0.3, -0.25) is 4.99 Å². The maximum atomic E-state index is 9.98. The van der Waals surface area contributed by atoms with E-state index < -0.39 is 0 Å². The molecule has 19 heavy (non-hydrogen) atoms. The minimum atomic E-state index is 0.216. The maximum Gasteiger partial charge on any atom is 0.198 e. The van der Waals surface area contributed by atoms with Gasteiger partial charge in [0.05, 0.1) is 11.6 Å². The Bertz CT molecular complexity index is 600. The SMILES string of the molecule is C[C@@H]1CCCC[C@H]1N=Cc1c(O)[nH]c2ccccc12. The van der Waals surface area contributed by atoms with E-state index in [0.717, 1.165) is 16.5 Å². The van der Waals surface area contributed by atoms with Crippen molar-refractivity contribution in [2.45, 2.75) is 38.6 Å². The highest BCUT2D eigenvalue weighted by molar-refractivity contribution is 6.01. The lowest BCUT2D eigenvalue weighted by atomic mass is 9.86. The summed E-state index contributed by atoms with van der Waals surface area (Å²) in [5.41, 5.74) is 1.77. The maximum absolute atomic E-state index is 9.98. The number of fused-ring (bicyclic) bond motifs is 1. The zero-order valence-electron chi connectivity index (χ0n) is 11.3. The van der Waals surface area contributed by atoms with Crippen LogP contribution in [0, 0.1) is 5.92 Å². The van der Waals surface area contributed by atoms with Gasteiger partial charge in [-0.2, -0.15) is 0 Å². The Kier molecular flexibility index (Phi) is 3.28. The summed E-state index contributed by atoms with van der Waals surface area (Å²) in [6.07, 6.45) is 6.88. The number of aromatic nitrogens is 1. The first kappa shape index (κ1) is 12.3. The van der Waals surface area contributed by atoms with Crippen LogP contribution in [0.2, 0.25) is 0 Å². The summed E-state index contributed by atoms with van der Waals surface area (Å²) in [5, 5.41) is 11.0. The summed E-state index contributed by atoms with van der Waals surface area (Å²) >= 11 is 0. The molecule has 2 atom stereocenters. The molecule has 0 radical (unpaired) electrons. The second kappa shape index (κ2) is 5.08. The first-order chi connectivity index (χ1) is 9.25. The van der Waals surface area contributed by atoms with Crippen LogP contribution in [0.3, 0.4) is 0 Å². The predicted octanol–water partition coefficient (Wildman–Crippen LogP) is 3.87. The largest absolute Gasteiger partial charge is 0.494 e. The van der Waals surface area contributed by atoms with Crippen LogP contribution in [0.1, 0.15) is 38.2 Å². The van der Waals surface area contributed by atoms with Crippen molar-refractivity contribution in [3.63, 3.8) is 0 Å². The molecule has 1 aromatic carbocycles. The van der Waals surface area contributed by atoms with Crippen LogP contribution in [0.25, 0.3) is 10.9 Å². The van der Waals surface area contributed by atoms with E-state index in [-0.39, 0.29) is 5.88 Å². The Morgan fingerprint density at radius 1 is 1.26 bits per heavy atom. The van der Waals surface area contributed by atoms with E-state index in [1.165, 1.54) is 25.7 Å². The molecular weight excluding hydrogens is 236 g/mol. The molecule has 2 N–H and O–H groups in total. The van der Waals surface area contributed by atoms with Crippen molar-refractivity contribution >= 4 is 17.1 Å². The number of aromatic hydroxyl groups is 1. The van der Waals surface area contributed by atoms with Gasteiger partial charge in [0.1, 0.15) is 0 Å². The number of para-hydroxylation sites is 1. The lowest BCUT2D eigenvalue weighted by Gasteiger charge is -2.25. The molecule has 0 bridgehead atoms. The molecule has 3 heteroatoms. The molecule has 3 nitrogen and oxygen atoms in total. The minimum absolute atomic E-state index is 0.216.